The average Bonchev–Trinajstić information content (AvgIpc) is 2.76. The third-order valence-corrected chi connectivity index (χ3v) is 5.46. The zero-order chi connectivity index (χ0) is 22.9. The van der Waals surface area contributed by atoms with Crippen LogP contribution in [-0.2, 0) is 35.0 Å². The van der Waals surface area contributed by atoms with Gasteiger partial charge in [0.1, 0.15) is 6.54 Å². The summed E-state index contributed by atoms with van der Waals surface area (Å²) in [4.78, 5) is 33.9. The SMILES string of the molecule is CCOC(=O)CNC(=O)C(COS(=O)(=O)c1ccc([N+](=O)[O-])cc1)Cc1ccccc1. The Kier molecular flexibility index (Phi) is 8.64. The van der Waals surface area contributed by atoms with E-state index in [2.05, 4.69) is 5.32 Å². The molecule has 0 aliphatic carbocycles. The predicted molar refractivity (Wildman–Crippen MR) is 110 cm³/mol. The molecule has 2 aromatic rings. The van der Waals surface area contributed by atoms with Crippen LogP contribution in [0.3, 0.4) is 0 Å². The predicted octanol–water partition coefficient (Wildman–Crippen LogP) is 1.84. The second kappa shape index (κ2) is 11.2. The molecule has 2 aromatic carbocycles. The van der Waals surface area contributed by atoms with Gasteiger partial charge in [0.05, 0.1) is 29.0 Å². The van der Waals surface area contributed by atoms with Crippen LogP contribution in [-0.4, -0.2) is 45.0 Å². The lowest BCUT2D eigenvalue weighted by molar-refractivity contribution is -0.384. The van der Waals surface area contributed by atoms with Gasteiger partial charge in [0.15, 0.2) is 0 Å². The van der Waals surface area contributed by atoms with Gasteiger partial charge in [0.25, 0.3) is 15.8 Å². The van der Waals surface area contributed by atoms with Gasteiger partial charge in [0, 0.05) is 12.1 Å². The summed E-state index contributed by atoms with van der Waals surface area (Å²) >= 11 is 0. The van der Waals surface area contributed by atoms with Crippen molar-refractivity contribution < 1.29 is 31.9 Å². The van der Waals surface area contributed by atoms with Crippen molar-refractivity contribution in [2.45, 2.75) is 18.2 Å². The Hall–Kier alpha value is -3.31. The minimum Gasteiger partial charge on any atom is -0.465 e. The first kappa shape index (κ1) is 24.0. The fourth-order valence-corrected chi connectivity index (χ4v) is 3.56. The van der Waals surface area contributed by atoms with Gasteiger partial charge in [-0.3, -0.25) is 23.9 Å². The fraction of sp³-hybridized carbons (Fsp3) is 0.300. The molecule has 0 aliphatic rings. The molecule has 1 atom stereocenters. The molecular weight excluding hydrogens is 428 g/mol. The molecule has 1 N–H and O–H groups in total. The molecule has 1 unspecified atom stereocenters. The molecule has 2 rings (SSSR count). The van der Waals surface area contributed by atoms with Crippen LogP contribution in [0.1, 0.15) is 12.5 Å². The Balaban J connectivity index is 2.10. The minimum absolute atomic E-state index is 0.165. The summed E-state index contributed by atoms with van der Waals surface area (Å²) < 4.78 is 34.7. The number of ether oxygens (including phenoxy) is 1. The number of nitrogens with zero attached hydrogens (tertiary/aromatic N) is 1. The second-order valence-electron chi connectivity index (χ2n) is 6.40. The first-order valence-electron chi connectivity index (χ1n) is 9.34. The Morgan fingerprint density at radius 1 is 1.10 bits per heavy atom. The molecular formula is C20H22N2O8S. The average molecular weight is 450 g/mol. The molecule has 0 saturated heterocycles. The Bertz CT molecular complexity index is 1010. The van der Waals surface area contributed by atoms with Crippen molar-refractivity contribution in [2.75, 3.05) is 19.8 Å². The lowest BCUT2D eigenvalue weighted by Crippen LogP contribution is -2.38. The maximum Gasteiger partial charge on any atom is 0.325 e. The van der Waals surface area contributed by atoms with Crippen LogP contribution >= 0.6 is 0 Å². The molecule has 0 aliphatic heterocycles. The minimum atomic E-state index is -4.26. The van der Waals surface area contributed by atoms with Gasteiger partial charge in [-0.25, -0.2) is 0 Å². The summed E-state index contributed by atoms with van der Waals surface area (Å²) in [6, 6.07) is 13.1. The molecule has 11 heteroatoms. The monoisotopic (exact) mass is 450 g/mol. The molecule has 0 spiro atoms. The van der Waals surface area contributed by atoms with Gasteiger partial charge in [-0.2, -0.15) is 8.42 Å². The van der Waals surface area contributed by atoms with Crippen LogP contribution < -0.4 is 5.32 Å². The number of carbonyl (C=O) groups excluding carboxylic acids is 2. The number of hydrogen-bond acceptors (Lipinski definition) is 8. The van der Waals surface area contributed by atoms with E-state index in [0.29, 0.717) is 0 Å². The van der Waals surface area contributed by atoms with E-state index in [1.54, 1.807) is 37.3 Å². The van der Waals surface area contributed by atoms with Crippen LogP contribution in [0.4, 0.5) is 5.69 Å². The quantitative estimate of drug-likeness (QED) is 0.236. The van der Waals surface area contributed by atoms with Gasteiger partial charge in [-0.15, -0.1) is 0 Å². The van der Waals surface area contributed by atoms with E-state index in [-0.39, 0.29) is 30.2 Å². The van der Waals surface area contributed by atoms with Crippen LogP contribution in [0.5, 0.6) is 0 Å². The van der Waals surface area contributed by atoms with Crippen molar-refractivity contribution in [1.82, 2.24) is 5.32 Å². The number of benzene rings is 2. The molecule has 10 nitrogen and oxygen atoms in total. The smallest absolute Gasteiger partial charge is 0.325 e. The zero-order valence-corrected chi connectivity index (χ0v) is 17.5. The van der Waals surface area contributed by atoms with E-state index in [0.717, 1.165) is 29.8 Å². The van der Waals surface area contributed by atoms with E-state index < -0.39 is 39.4 Å². The molecule has 1 amide bonds. The van der Waals surface area contributed by atoms with Gasteiger partial charge < -0.3 is 10.1 Å². The summed E-state index contributed by atoms with van der Waals surface area (Å²) in [5.74, 6) is -2.10. The summed E-state index contributed by atoms with van der Waals surface area (Å²) in [6.07, 6.45) is 0.172. The second-order valence-corrected chi connectivity index (χ2v) is 8.01. The lowest BCUT2D eigenvalue weighted by atomic mass is 9.99. The van der Waals surface area contributed by atoms with Crippen LogP contribution in [0, 0.1) is 16.0 Å². The van der Waals surface area contributed by atoms with Crippen molar-refractivity contribution >= 4 is 27.7 Å². The van der Waals surface area contributed by atoms with Crippen LogP contribution in [0.25, 0.3) is 0 Å². The van der Waals surface area contributed by atoms with Gasteiger partial charge in [-0.05, 0) is 31.0 Å². The number of carbonyl (C=O) groups is 2. The molecule has 0 heterocycles. The molecule has 0 aromatic heterocycles. The standard InChI is InChI=1S/C20H22N2O8S/c1-2-29-19(23)13-21-20(24)16(12-15-6-4-3-5-7-15)14-30-31(27,28)18-10-8-17(9-11-18)22(25)26/h3-11,16H,2,12-14H2,1H3,(H,21,24). The van der Waals surface area contributed by atoms with Crippen molar-refractivity contribution in [3.05, 3.63) is 70.3 Å². The van der Waals surface area contributed by atoms with Crippen molar-refractivity contribution in [3.63, 3.8) is 0 Å². The number of esters is 1. The molecule has 0 radical (unpaired) electrons. The van der Waals surface area contributed by atoms with E-state index in [1.165, 1.54) is 0 Å². The first-order chi connectivity index (χ1) is 14.7. The summed E-state index contributed by atoms with van der Waals surface area (Å²) in [6.45, 7) is 0.962. The number of nitro groups is 1. The van der Waals surface area contributed by atoms with Crippen molar-refractivity contribution in [2.24, 2.45) is 5.92 Å². The maximum atomic E-state index is 12.6. The van der Waals surface area contributed by atoms with Crippen LogP contribution in [0.15, 0.2) is 59.5 Å². The van der Waals surface area contributed by atoms with E-state index >= 15 is 0 Å². The van der Waals surface area contributed by atoms with E-state index in [4.69, 9.17) is 8.92 Å². The van der Waals surface area contributed by atoms with Crippen molar-refractivity contribution in [1.29, 1.82) is 0 Å². The third kappa shape index (κ3) is 7.46. The fourth-order valence-electron chi connectivity index (χ4n) is 2.62. The third-order valence-electron chi connectivity index (χ3n) is 4.17. The van der Waals surface area contributed by atoms with Crippen LogP contribution in [0.2, 0.25) is 0 Å². The molecule has 0 bridgehead atoms. The van der Waals surface area contributed by atoms with E-state index in [9.17, 15) is 28.1 Å². The highest BCUT2D eigenvalue weighted by Crippen LogP contribution is 2.19. The molecule has 0 fully saturated rings. The van der Waals surface area contributed by atoms with Gasteiger partial charge in [0.2, 0.25) is 5.91 Å². The Morgan fingerprint density at radius 3 is 2.32 bits per heavy atom. The number of hydrogen-bond donors (Lipinski definition) is 1. The van der Waals surface area contributed by atoms with Gasteiger partial charge in [-0.1, -0.05) is 30.3 Å². The normalized spacial score (nSPS) is 12.0. The zero-order valence-electron chi connectivity index (χ0n) is 16.7. The maximum absolute atomic E-state index is 12.6. The van der Waals surface area contributed by atoms with E-state index in [1.807, 2.05) is 0 Å². The number of nitrogens with one attached hydrogen (secondary N) is 1. The lowest BCUT2D eigenvalue weighted by Gasteiger charge is -2.17. The number of amides is 1. The molecule has 0 saturated carbocycles. The van der Waals surface area contributed by atoms with Gasteiger partial charge >= 0.3 is 5.97 Å². The number of nitro benzene ring substituents is 1. The van der Waals surface area contributed by atoms with Crippen molar-refractivity contribution in [3.8, 4) is 0 Å². The molecule has 31 heavy (non-hydrogen) atoms. The Labute approximate surface area is 179 Å². The number of non-ortho nitro benzene ring substituents is 1. The summed E-state index contributed by atoms with van der Waals surface area (Å²) in [5.41, 5.74) is 0.509. The summed E-state index contributed by atoms with van der Waals surface area (Å²) in [5, 5.41) is 13.1. The Morgan fingerprint density at radius 2 is 1.74 bits per heavy atom. The topological polar surface area (TPSA) is 142 Å². The molecule has 166 valence electrons. The largest absolute Gasteiger partial charge is 0.465 e. The number of rotatable bonds is 11. The first-order valence-corrected chi connectivity index (χ1v) is 10.7. The highest BCUT2D eigenvalue weighted by atomic mass is 32.2. The highest BCUT2D eigenvalue weighted by Gasteiger charge is 2.25. The highest BCUT2D eigenvalue weighted by molar-refractivity contribution is 7.86. The summed E-state index contributed by atoms with van der Waals surface area (Å²) in [7, 11) is -4.26.